The number of aryl methyl sites for hydroxylation is 1. The Bertz CT molecular complexity index is 994. The molecular formula is C21H28BrN7O3. The van der Waals surface area contributed by atoms with Gasteiger partial charge in [-0.1, -0.05) is 6.92 Å². The molecule has 2 atom stereocenters. The van der Waals surface area contributed by atoms with Crippen molar-refractivity contribution in [3.8, 4) is 0 Å². The number of anilines is 2. The zero-order chi connectivity index (χ0) is 23.3. The molecule has 0 aliphatic carbocycles. The molecule has 1 aromatic heterocycles. The number of nitrogens with one attached hydrogen (secondary N) is 4. The van der Waals surface area contributed by atoms with Crippen molar-refractivity contribution in [2.75, 3.05) is 30.8 Å². The Kier molecular flexibility index (Phi) is 7.73. The van der Waals surface area contributed by atoms with Gasteiger partial charge in [-0.2, -0.15) is 5.10 Å². The van der Waals surface area contributed by atoms with E-state index in [9.17, 15) is 14.4 Å². The molecule has 0 bridgehead atoms. The molecule has 1 saturated heterocycles. The molecule has 0 spiro atoms. The van der Waals surface area contributed by atoms with Crippen molar-refractivity contribution in [1.29, 1.82) is 0 Å². The van der Waals surface area contributed by atoms with Gasteiger partial charge in [-0.25, -0.2) is 9.59 Å². The highest BCUT2D eigenvalue weighted by atomic mass is 79.9. The Morgan fingerprint density at radius 3 is 2.66 bits per heavy atom. The van der Waals surface area contributed by atoms with Crippen LogP contribution in [0.1, 0.15) is 31.4 Å². The van der Waals surface area contributed by atoms with E-state index in [1.165, 1.54) is 7.05 Å². The number of benzene rings is 1. The van der Waals surface area contributed by atoms with Crippen LogP contribution in [0.4, 0.5) is 21.0 Å². The van der Waals surface area contributed by atoms with Gasteiger partial charge in [0, 0.05) is 49.1 Å². The summed E-state index contributed by atoms with van der Waals surface area (Å²) in [5.41, 5.74) is 1.56. The van der Waals surface area contributed by atoms with E-state index < -0.39 is 12.1 Å². The first-order chi connectivity index (χ1) is 15.3. The van der Waals surface area contributed by atoms with Gasteiger partial charge in [-0.3, -0.25) is 9.48 Å². The lowest BCUT2D eigenvalue weighted by atomic mass is 9.99. The molecule has 10 nitrogen and oxygen atoms in total. The van der Waals surface area contributed by atoms with Crippen molar-refractivity contribution in [2.45, 2.75) is 25.8 Å². The van der Waals surface area contributed by atoms with Gasteiger partial charge in [0.1, 0.15) is 6.04 Å². The molecule has 32 heavy (non-hydrogen) atoms. The van der Waals surface area contributed by atoms with E-state index in [0.29, 0.717) is 40.4 Å². The van der Waals surface area contributed by atoms with Gasteiger partial charge in [0.25, 0.3) is 0 Å². The van der Waals surface area contributed by atoms with Gasteiger partial charge in [0.2, 0.25) is 5.91 Å². The topological polar surface area (TPSA) is 120 Å². The number of halogens is 1. The van der Waals surface area contributed by atoms with E-state index in [2.05, 4.69) is 49.2 Å². The second-order valence-corrected chi connectivity index (χ2v) is 8.76. The van der Waals surface area contributed by atoms with Gasteiger partial charge in [-0.05, 0) is 52.9 Å². The fourth-order valence-corrected chi connectivity index (χ4v) is 3.98. The summed E-state index contributed by atoms with van der Waals surface area (Å²) in [4.78, 5) is 39.5. The van der Waals surface area contributed by atoms with Gasteiger partial charge in [0.05, 0.1) is 11.9 Å². The first-order valence-corrected chi connectivity index (χ1v) is 11.2. The molecule has 4 N–H and O–H groups in total. The smallest absolute Gasteiger partial charge is 0.320 e. The predicted octanol–water partition coefficient (Wildman–Crippen LogP) is 3.06. The number of rotatable bonds is 5. The van der Waals surface area contributed by atoms with E-state index >= 15 is 0 Å². The van der Waals surface area contributed by atoms with Crippen molar-refractivity contribution < 1.29 is 14.4 Å². The number of hydrogen-bond acceptors (Lipinski definition) is 4. The molecule has 5 amide bonds. The van der Waals surface area contributed by atoms with Crippen LogP contribution in [0.25, 0.3) is 0 Å². The number of nitrogens with zero attached hydrogens (tertiary/aromatic N) is 3. The lowest BCUT2D eigenvalue weighted by Gasteiger charge is -2.33. The summed E-state index contributed by atoms with van der Waals surface area (Å²) in [6.07, 6.45) is 5.33. The average Bonchev–Trinajstić information content (AvgIpc) is 3.19. The van der Waals surface area contributed by atoms with E-state index in [0.717, 1.165) is 12.8 Å². The van der Waals surface area contributed by atoms with Crippen LogP contribution >= 0.6 is 15.9 Å². The van der Waals surface area contributed by atoms with Gasteiger partial charge >= 0.3 is 12.1 Å². The molecule has 0 radical (unpaired) electrons. The first kappa shape index (κ1) is 23.6. The SMILES string of the molecule is CNC(=O)Nc1ccc(Br)c(NC(=O)NC(C(=O)N2CCCC(C)C2)c2cnn(C)c2)c1. The minimum Gasteiger partial charge on any atom is -0.341 e. The van der Waals surface area contributed by atoms with Gasteiger partial charge in [-0.15, -0.1) is 0 Å². The van der Waals surface area contributed by atoms with Crippen molar-refractivity contribution >= 4 is 45.3 Å². The highest BCUT2D eigenvalue weighted by molar-refractivity contribution is 9.10. The number of aromatic nitrogens is 2. The van der Waals surface area contributed by atoms with Crippen LogP contribution in [0.2, 0.25) is 0 Å². The number of carbonyl (C=O) groups excluding carboxylic acids is 3. The fourth-order valence-electron chi connectivity index (χ4n) is 3.63. The molecule has 1 aliphatic heterocycles. The monoisotopic (exact) mass is 505 g/mol. The number of urea groups is 2. The van der Waals surface area contributed by atoms with Crippen molar-refractivity contribution in [3.63, 3.8) is 0 Å². The highest BCUT2D eigenvalue weighted by Gasteiger charge is 2.31. The van der Waals surface area contributed by atoms with Crippen LogP contribution in [-0.4, -0.2) is 52.8 Å². The van der Waals surface area contributed by atoms with Crippen LogP contribution in [0, 0.1) is 5.92 Å². The molecule has 3 rings (SSSR count). The molecule has 2 heterocycles. The minimum atomic E-state index is -0.861. The van der Waals surface area contributed by atoms with Gasteiger partial charge < -0.3 is 26.2 Å². The summed E-state index contributed by atoms with van der Waals surface area (Å²) in [5.74, 6) is 0.261. The second-order valence-electron chi connectivity index (χ2n) is 7.91. The van der Waals surface area contributed by atoms with Crippen LogP contribution in [-0.2, 0) is 11.8 Å². The summed E-state index contributed by atoms with van der Waals surface area (Å²) >= 11 is 3.40. The van der Waals surface area contributed by atoms with E-state index in [1.807, 2.05) is 0 Å². The third-order valence-electron chi connectivity index (χ3n) is 5.25. The molecule has 2 unspecified atom stereocenters. The summed E-state index contributed by atoms with van der Waals surface area (Å²) in [6.45, 7) is 3.45. The number of likely N-dealkylation sites (tertiary alicyclic amines) is 1. The summed E-state index contributed by atoms with van der Waals surface area (Å²) in [7, 11) is 3.27. The maximum Gasteiger partial charge on any atom is 0.320 e. The molecule has 11 heteroatoms. The Balaban J connectivity index is 1.76. The number of piperidine rings is 1. The number of amides is 5. The third-order valence-corrected chi connectivity index (χ3v) is 5.94. The lowest BCUT2D eigenvalue weighted by Crippen LogP contribution is -2.47. The number of hydrogen-bond donors (Lipinski definition) is 4. The second kappa shape index (κ2) is 10.5. The maximum atomic E-state index is 13.3. The Morgan fingerprint density at radius 2 is 2.00 bits per heavy atom. The Labute approximate surface area is 195 Å². The van der Waals surface area contributed by atoms with Crippen molar-refractivity contribution in [1.82, 2.24) is 25.3 Å². The zero-order valence-corrected chi connectivity index (χ0v) is 19.9. The third kappa shape index (κ3) is 6.00. The maximum absolute atomic E-state index is 13.3. The van der Waals surface area contributed by atoms with E-state index in [1.54, 1.807) is 47.2 Å². The quantitative estimate of drug-likeness (QED) is 0.498. The summed E-state index contributed by atoms with van der Waals surface area (Å²) in [5, 5.41) is 14.8. The molecule has 2 aromatic rings. The minimum absolute atomic E-state index is 0.159. The first-order valence-electron chi connectivity index (χ1n) is 10.4. The number of carbonyl (C=O) groups is 3. The average molecular weight is 506 g/mol. The highest BCUT2D eigenvalue weighted by Crippen LogP contribution is 2.27. The molecule has 1 fully saturated rings. The van der Waals surface area contributed by atoms with Gasteiger partial charge in [0.15, 0.2) is 0 Å². The molecular weight excluding hydrogens is 478 g/mol. The van der Waals surface area contributed by atoms with Crippen molar-refractivity contribution in [3.05, 3.63) is 40.6 Å². The molecule has 1 aliphatic rings. The van der Waals surface area contributed by atoms with Crippen LogP contribution in [0.3, 0.4) is 0 Å². The predicted molar refractivity (Wildman–Crippen MR) is 125 cm³/mol. The molecule has 172 valence electrons. The van der Waals surface area contributed by atoms with Crippen LogP contribution in [0.5, 0.6) is 0 Å². The van der Waals surface area contributed by atoms with Crippen LogP contribution < -0.4 is 21.3 Å². The standard InChI is InChI=1S/C21H28BrN7O3/c1-13-5-4-8-29(11-13)19(30)18(14-10-24-28(3)12-14)27-21(32)26-17-9-15(6-7-16(17)22)25-20(31)23-2/h6-7,9-10,12-13,18H,4-5,8,11H2,1-3H3,(H2,23,25,31)(H2,26,27,32). The molecule has 0 saturated carbocycles. The van der Waals surface area contributed by atoms with Crippen molar-refractivity contribution in [2.24, 2.45) is 13.0 Å². The Morgan fingerprint density at radius 1 is 1.22 bits per heavy atom. The lowest BCUT2D eigenvalue weighted by molar-refractivity contribution is -0.135. The van der Waals surface area contributed by atoms with E-state index in [4.69, 9.17) is 0 Å². The largest absolute Gasteiger partial charge is 0.341 e. The fraction of sp³-hybridized carbons (Fsp3) is 0.429. The zero-order valence-electron chi connectivity index (χ0n) is 18.3. The van der Waals surface area contributed by atoms with E-state index in [-0.39, 0.29) is 11.9 Å². The van der Waals surface area contributed by atoms with Crippen LogP contribution in [0.15, 0.2) is 35.1 Å². The summed E-state index contributed by atoms with van der Waals surface area (Å²) < 4.78 is 2.22. The summed E-state index contributed by atoms with van der Waals surface area (Å²) in [6, 6.07) is 3.24. The Hall–Kier alpha value is -3.08. The molecule has 1 aromatic carbocycles. The normalized spacial score (nSPS) is 16.8.